The summed E-state index contributed by atoms with van der Waals surface area (Å²) in [4.78, 5) is 10.8. The maximum atomic E-state index is 10.8. The van der Waals surface area contributed by atoms with Gasteiger partial charge in [0.1, 0.15) is 5.75 Å². The number of hydrazone groups is 1. The van der Waals surface area contributed by atoms with Gasteiger partial charge in [-0.15, -0.1) is 0 Å². The summed E-state index contributed by atoms with van der Waals surface area (Å²) in [6, 6.07) is 13.5. The minimum absolute atomic E-state index is 0.249. The molecule has 2 rings (SSSR count). The first-order valence-corrected chi connectivity index (χ1v) is 6.95. The Balaban J connectivity index is 1.86. The zero-order chi connectivity index (χ0) is 15.9. The van der Waals surface area contributed by atoms with Crippen LogP contribution in [0.3, 0.4) is 0 Å². The summed E-state index contributed by atoms with van der Waals surface area (Å²) in [6.45, 7) is 1.93. The Kier molecular flexibility index (Phi) is 5.14. The predicted molar refractivity (Wildman–Crippen MR) is 86.6 cm³/mol. The Morgan fingerprint density at radius 1 is 1.09 bits per heavy atom. The van der Waals surface area contributed by atoms with Crippen molar-refractivity contribution in [2.45, 2.75) is 19.8 Å². The molecule has 2 aromatic rings. The molecule has 22 heavy (non-hydrogen) atoms. The van der Waals surface area contributed by atoms with E-state index in [2.05, 4.69) is 10.5 Å². The van der Waals surface area contributed by atoms with E-state index in [1.807, 2.05) is 19.1 Å². The van der Waals surface area contributed by atoms with Gasteiger partial charge in [0, 0.05) is 5.71 Å². The smallest absolute Gasteiger partial charge is 0.335 e. The molecule has 0 fully saturated rings. The largest absolute Gasteiger partial charge is 0.508 e. The van der Waals surface area contributed by atoms with E-state index in [0.29, 0.717) is 0 Å². The topological polar surface area (TPSA) is 81.9 Å². The highest BCUT2D eigenvalue weighted by Gasteiger charge is 2.01. The molecule has 0 bridgehead atoms. The zero-order valence-electron chi connectivity index (χ0n) is 12.3. The monoisotopic (exact) mass is 298 g/mol. The van der Waals surface area contributed by atoms with Crippen LogP contribution in [0.2, 0.25) is 0 Å². The fraction of sp³-hybridized carbons (Fsp3) is 0.176. The molecule has 0 saturated heterocycles. The average Bonchev–Trinajstić information content (AvgIpc) is 2.52. The summed E-state index contributed by atoms with van der Waals surface area (Å²) in [5.41, 5.74) is 5.98. The first-order chi connectivity index (χ1) is 10.5. The molecule has 0 unspecified atom stereocenters. The Morgan fingerprint density at radius 2 is 1.73 bits per heavy atom. The van der Waals surface area contributed by atoms with Crippen LogP contribution in [-0.4, -0.2) is 21.9 Å². The highest BCUT2D eigenvalue weighted by Crippen LogP contribution is 2.12. The molecule has 0 aromatic heterocycles. The fourth-order valence-electron chi connectivity index (χ4n) is 1.89. The second-order valence-corrected chi connectivity index (χ2v) is 5.01. The van der Waals surface area contributed by atoms with Gasteiger partial charge in [-0.25, -0.2) is 4.79 Å². The molecule has 0 spiro atoms. The zero-order valence-corrected chi connectivity index (χ0v) is 12.3. The van der Waals surface area contributed by atoms with E-state index in [1.54, 1.807) is 24.3 Å². The molecule has 3 N–H and O–H groups in total. The van der Waals surface area contributed by atoms with Crippen molar-refractivity contribution < 1.29 is 15.0 Å². The predicted octanol–water partition coefficient (Wildman–Crippen LogP) is 3.51. The van der Waals surface area contributed by atoms with Gasteiger partial charge in [0.2, 0.25) is 0 Å². The molecule has 0 heterocycles. The second kappa shape index (κ2) is 7.26. The van der Waals surface area contributed by atoms with Crippen LogP contribution >= 0.6 is 0 Å². The van der Waals surface area contributed by atoms with Crippen LogP contribution < -0.4 is 5.43 Å². The maximum Gasteiger partial charge on any atom is 0.335 e. The molecule has 2 aromatic carbocycles. The van der Waals surface area contributed by atoms with E-state index >= 15 is 0 Å². The van der Waals surface area contributed by atoms with Crippen molar-refractivity contribution in [1.82, 2.24) is 0 Å². The number of aromatic hydroxyl groups is 1. The standard InChI is InChI=1S/C17H18N2O3/c1-12(2-3-13-4-10-16(20)11-5-13)18-19-15-8-6-14(7-9-15)17(21)22/h4-11,19-20H,2-3H2,1H3,(H,21,22). The van der Waals surface area contributed by atoms with Gasteiger partial charge in [0.25, 0.3) is 0 Å². The van der Waals surface area contributed by atoms with Gasteiger partial charge in [-0.3, -0.25) is 5.43 Å². The van der Waals surface area contributed by atoms with E-state index in [0.717, 1.165) is 29.8 Å². The highest BCUT2D eigenvalue weighted by molar-refractivity contribution is 5.88. The van der Waals surface area contributed by atoms with Gasteiger partial charge in [0.05, 0.1) is 11.3 Å². The molecule has 5 nitrogen and oxygen atoms in total. The molecular weight excluding hydrogens is 280 g/mol. The SMILES string of the molecule is CC(CCc1ccc(O)cc1)=NNc1ccc(C(=O)O)cc1. The van der Waals surface area contributed by atoms with Gasteiger partial charge in [-0.05, 0) is 61.7 Å². The Labute approximate surface area is 128 Å². The van der Waals surface area contributed by atoms with Crippen LogP contribution in [0.15, 0.2) is 53.6 Å². The minimum atomic E-state index is -0.944. The van der Waals surface area contributed by atoms with Gasteiger partial charge < -0.3 is 10.2 Å². The van der Waals surface area contributed by atoms with Crippen molar-refractivity contribution in [1.29, 1.82) is 0 Å². The van der Waals surface area contributed by atoms with Crippen molar-refractivity contribution in [3.8, 4) is 5.75 Å². The molecule has 0 aliphatic carbocycles. The number of anilines is 1. The Bertz CT molecular complexity index is 661. The number of hydrogen-bond donors (Lipinski definition) is 3. The lowest BCUT2D eigenvalue weighted by molar-refractivity contribution is 0.0697. The second-order valence-electron chi connectivity index (χ2n) is 5.01. The number of aromatic carboxylic acids is 1. The number of phenolic OH excluding ortho intramolecular Hbond substituents is 1. The van der Waals surface area contributed by atoms with Gasteiger partial charge in [-0.1, -0.05) is 12.1 Å². The lowest BCUT2D eigenvalue weighted by atomic mass is 10.1. The van der Waals surface area contributed by atoms with Crippen molar-refractivity contribution >= 4 is 17.4 Å². The van der Waals surface area contributed by atoms with Crippen LogP contribution in [0.4, 0.5) is 5.69 Å². The third-order valence-electron chi connectivity index (χ3n) is 3.22. The number of carbonyl (C=O) groups is 1. The lowest BCUT2D eigenvalue weighted by Crippen LogP contribution is -2.00. The summed E-state index contributed by atoms with van der Waals surface area (Å²) < 4.78 is 0. The molecule has 0 atom stereocenters. The normalized spacial score (nSPS) is 11.2. The summed E-state index contributed by atoms with van der Waals surface area (Å²) in [5, 5.41) is 22.3. The van der Waals surface area contributed by atoms with Gasteiger partial charge >= 0.3 is 5.97 Å². The third kappa shape index (κ3) is 4.63. The third-order valence-corrected chi connectivity index (χ3v) is 3.22. The number of nitrogens with zero attached hydrogens (tertiary/aromatic N) is 1. The van der Waals surface area contributed by atoms with E-state index < -0.39 is 5.97 Å². The molecule has 0 aliphatic rings. The van der Waals surface area contributed by atoms with Crippen molar-refractivity contribution in [2.24, 2.45) is 5.10 Å². The summed E-state index contributed by atoms with van der Waals surface area (Å²) in [5.74, 6) is -0.680. The molecule has 0 radical (unpaired) electrons. The van der Waals surface area contributed by atoms with E-state index in [1.165, 1.54) is 12.1 Å². The Morgan fingerprint density at radius 3 is 2.32 bits per heavy atom. The number of aryl methyl sites for hydroxylation is 1. The molecule has 0 amide bonds. The summed E-state index contributed by atoms with van der Waals surface area (Å²) >= 11 is 0. The van der Waals surface area contributed by atoms with E-state index in [-0.39, 0.29) is 11.3 Å². The number of benzene rings is 2. The molecule has 0 aliphatic heterocycles. The number of hydrogen-bond acceptors (Lipinski definition) is 4. The van der Waals surface area contributed by atoms with Crippen LogP contribution in [-0.2, 0) is 6.42 Å². The van der Waals surface area contributed by atoms with Crippen molar-refractivity contribution in [2.75, 3.05) is 5.43 Å². The lowest BCUT2D eigenvalue weighted by Gasteiger charge is -2.04. The first kappa shape index (κ1) is 15.6. The molecule has 0 saturated carbocycles. The van der Waals surface area contributed by atoms with Crippen molar-refractivity contribution in [3.05, 3.63) is 59.7 Å². The van der Waals surface area contributed by atoms with Crippen LogP contribution in [0.1, 0.15) is 29.3 Å². The van der Waals surface area contributed by atoms with E-state index in [4.69, 9.17) is 5.11 Å². The molecule has 5 heteroatoms. The fourth-order valence-corrected chi connectivity index (χ4v) is 1.89. The number of phenols is 1. The average molecular weight is 298 g/mol. The van der Waals surface area contributed by atoms with E-state index in [9.17, 15) is 9.90 Å². The van der Waals surface area contributed by atoms with Crippen molar-refractivity contribution in [3.63, 3.8) is 0 Å². The molecule has 114 valence electrons. The van der Waals surface area contributed by atoms with Crippen LogP contribution in [0.25, 0.3) is 0 Å². The number of rotatable bonds is 6. The summed E-state index contributed by atoms with van der Waals surface area (Å²) in [6.07, 6.45) is 1.64. The number of nitrogens with one attached hydrogen (secondary N) is 1. The first-order valence-electron chi connectivity index (χ1n) is 6.95. The van der Waals surface area contributed by atoms with Gasteiger partial charge in [0.15, 0.2) is 0 Å². The molecular formula is C17H18N2O3. The van der Waals surface area contributed by atoms with Crippen LogP contribution in [0.5, 0.6) is 5.75 Å². The highest BCUT2D eigenvalue weighted by atomic mass is 16.4. The maximum absolute atomic E-state index is 10.8. The number of carboxylic acid groups (broad SMARTS) is 1. The van der Waals surface area contributed by atoms with Crippen LogP contribution in [0, 0.1) is 0 Å². The van der Waals surface area contributed by atoms with Gasteiger partial charge in [-0.2, -0.15) is 5.10 Å². The quantitative estimate of drug-likeness (QED) is 0.563. The Hall–Kier alpha value is -2.82. The number of carboxylic acids is 1. The summed E-state index contributed by atoms with van der Waals surface area (Å²) in [7, 11) is 0. The minimum Gasteiger partial charge on any atom is -0.508 e.